The molecule has 2 fully saturated rings. The van der Waals surface area contributed by atoms with Gasteiger partial charge in [0.05, 0.1) is 19.1 Å². The molecule has 0 aromatic heterocycles. The van der Waals surface area contributed by atoms with Crippen LogP contribution in [0, 0.1) is 0 Å². The van der Waals surface area contributed by atoms with Gasteiger partial charge in [-0.25, -0.2) is 0 Å². The van der Waals surface area contributed by atoms with E-state index < -0.39 is 0 Å². The topological polar surface area (TPSA) is 44.8 Å². The molecule has 2 heterocycles. The second-order valence-corrected chi connectivity index (χ2v) is 5.46. The Morgan fingerprint density at radius 3 is 3.06 bits per heavy atom. The van der Waals surface area contributed by atoms with E-state index in [-0.39, 0.29) is 12.0 Å². The van der Waals surface area contributed by atoms with Gasteiger partial charge in [0.1, 0.15) is 0 Å². The predicted octanol–water partition coefficient (Wildman–Crippen LogP) is -0.0825. The van der Waals surface area contributed by atoms with Crippen molar-refractivity contribution in [1.82, 2.24) is 15.1 Å². The molecule has 2 atom stereocenters. The van der Waals surface area contributed by atoms with Crippen LogP contribution in [0.3, 0.4) is 0 Å². The minimum Gasteiger partial charge on any atom is -0.375 e. The highest BCUT2D eigenvalue weighted by Crippen LogP contribution is 2.15. The first-order chi connectivity index (χ1) is 8.66. The third kappa shape index (κ3) is 3.67. The molecular formula is C13H25N3O2. The lowest BCUT2D eigenvalue weighted by molar-refractivity contribution is -0.136. The minimum atomic E-state index is 0.0509. The highest BCUT2D eigenvalue weighted by Gasteiger charge is 2.26. The first-order valence-corrected chi connectivity index (χ1v) is 6.93. The Kier molecular flexibility index (Phi) is 4.97. The van der Waals surface area contributed by atoms with E-state index in [0.29, 0.717) is 19.1 Å². The lowest BCUT2D eigenvalue weighted by atomic mass is 10.0. The Balaban J connectivity index is 1.79. The SMILES string of the molecule is CN1CCCC(N(C)C(=O)CC2CNCCO2)C1. The van der Waals surface area contributed by atoms with E-state index in [0.717, 1.165) is 32.6 Å². The predicted molar refractivity (Wildman–Crippen MR) is 70.5 cm³/mol. The molecule has 0 bridgehead atoms. The van der Waals surface area contributed by atoms with Gasteiger partial charge in [-0.2, -0.15) is 0 Å². The Hall–Kier alpha value is -0.650. The number of carbonyl (C=O) groups excluding carboxylic acids is 1. The monoisotopic (exact) mass is 255 g/mol. The van der Waals surface area contributed by atoms with Gasteiger partial charge >= 0.3 is 0 Å². The van der Waals surface area contributed by atoms with Gasteiger partial charge < -0.3 is 19.9 Å². The van der Waals surface area contributed by atoms with Crippen LogP contribution in [-0.4, -0.2) is 74.7 Å². The summed E-state index contributed by atoms with van der Waals surface area (Å²) in [4.78, 5) is 16.4. The van der Waals surface area contributed by atoms with Crippen LogP contribution < -0.4 is 5.32 Å². The van der Waals surface area contributed by atoms with Gasteiger partial charge in [-0.05, 0) is 26.4 Å². The number of nitrogens with one attached hydrogen (secondary N) is 1. The van der Waals surface area contributed by atoms with Crippen LogP contribution in [0.15, 0.2) is 0 Å². The Morgan fingerprint density at radius 2 is 2.39 bits per heavy atom. The number of hydrogen-bond donors (Lipinski definition) is 1. The molecule has 2 unspecified atom stereocenters. The second-order valence-electron chi connectivity index (χ2n) is 5.46. The van der Waals surface area contributed by atoms with Gasteiger partial charge in [0.2, 0.25) is 5.91 Å². The minimum absolute atomic E-state index is 0.0509. The summed E-state index contributed by atoms with van der Waals surface area (Å²) in [6.45, 7) is 4.55. The Morgan fingerprint density at radius 1 is 1.56 bits per heavy atom. The maximum atomic E-state index is 12.2. The summed E-state index contributed by atoms with van der Waals surface area (Å²) in [5.74, 6) is 0.212. The van der Waals surface area contributed by atoms with Crippen molar-refractivity contribution in [3.8, 4) is 0 Å². The molecule has 1 N–H and O–H groups in total. The molecule has 0 spiro atoms. The van der Waals surface area contributed by atoms with Gasteiger partial charge in [0.15, 0.2) is 0 Å². The summed E-state index contributed by atoms with van der Waals surface area (Å²) in [5.41, 5.74) is 0. The van der Waals surface area contributed by atoms with Crippen LogP contribution >= 0.6 is 0 Å². The molecule has 1 amide bonds. The lowest BCUT2D eigenvalue weighted by Crippen LogP contribution is -2.49. The molecule has 0 radical (unpaired) electrons. The molecule has 5 heteroatoms. The van der Waals surface area contributed by atoms with Crippen molar-refractivity contribution >= 4 is 5.91 Å². The number of amides is 1. The summed E-state index contributed by atoms with van der Waals surface area (Å²) < 4.78 is 5.59. The van der Waals surface area contributed by atoms with Crippen LogP contribution in [0.5, 0.6) is 0 Å². The van der Waals surface area contributed by atoms with Gasteiger partial charge in [-0.3, -0.25) is 4.79 Å². The quantitative estimate of drug-likeness (QED) is 0.766. The molecule has 18 heavy (non-hydrogen) atoms. The van der Waals surface area contributed by atoms with E-state index >= 15 is 0 Å². The van der Waals surface area contributed by atoms with Gasteiger partial charge in [0, 0.05) is 32.7 Å². The third-order valence-electron chi connectivity index (χ3n) is 3.95. The van der Waals surface area contributed by atoms with Crippen LogP contribution in [-0.2, 0) is 9.53 Å². The number of piperidine rings is 1. The molecule has 104 valence electrons. The van der Waals surface area contributed by atoms with Crippen LogP contribution in [0.25, 0.3) is 0 Å². The highest BCUT2D eigenvalue weighted by molar-refractivity contribution is 5.76. The zero-order chi connectivity index (χ0) is 13.0. The fourth-order valence-electron chi connectivity index (χ4n) is 2.75. The van der Waals surface area contributed by atoms with Crippen LogP contribution in [0.1, 0.15) is 19.3 Å². The van der Waals surface area contributed by atoms with Crippen molar-refractivity contribution in [3.05, 3.63) is 0 Å². The number of likely N-dealkylation sites (N-methyl/N-ethyl adjacent to an activating group) is 2. The Labute approximate surface area is 109 Å². The molecule has 2 aliphatic heterocycles. The van der Waals surface area contributed by atoms with Crippen molar-refractivity contribution in [2.75, 3.05) is 46.9 Å². The molecular weight excluding hydrogens is 230 g/mol. The van der Waals surface area contributed by atoms with Gasteiger partial charge in [0.25, 0.3) is 0 Å². The van der Waals surface area contributed by atoms with Crippen LogP contribution in [0.4, 0.5) is 0 Å². The summed E-state index contributed by atoms with van der Waals surface area (Å²) >= 11 is 0. The zero-order valence-corrected chi connectivity index (χ0v) is 11.5. The number of rotatable bonds is 3. The van der Waals surface area contributed by atoms with Gasteiger partial charge in [-0.15, -0.1) is 0 Å². The lowest BCUT2D eigenvalue weighted by Gasteiger charge is -2.36. The number of nitrogens with zero attached hydrogens (tertiary/aromatic N) is 2. The maximum absolute atomic E-state index is 12.2. The average Bonchev–Trinajstić information content (AvgIpc) is 2.39. The molecule has 2 aliphatic rings. The normalized spacial score (nSPS) is 30.1. The van der Waals surface area contributed by atoms with Crippen molar-refractivity contribution in [2.45, 2.75) is 31.4 Å². The molecule has 5 nitrogen and oxygen atoms in total. The van der Waals surface area contributed by atoms with E-state index in [1.54, 1.807) is 0 Å². The standard InChI is InChI=1S/C13H25N3O2/c1-15-6-3-4-11(10-15)16(2)13(17)8-12-9-14-5-7-18-12/h11-12,14H,3-10H2,1-2H3. The van der Waals surface area contributed by atoms with E-state index in [1.807, 2.05) is 11.9 Å². The second kappa shape index (κ2) is 6.50. The highest BCUT2D eigenvalue weighted by atomic mass is 16.5. The van der Waals surface area contributed by atoms with Crippen molar-refractivity contribution in [2.24, 2.45) is 0 Å². The molecule has 0 aromatic rings. The zero-order valence-electron chi connectivity index (χ0n) is 11.5. The van der Waals surface area contributed by atoms with E-state index in [2.05, 4.69) is 17.3 Å². The summed E-state index contributed by atoms with van der Waals surface area (Å²) in [6.07, 6.45) is 2.86. The van der Waals surface area contributed by atoms with Crippen molar-refractivity contribution < 1.29 is 9.53 Å². The molecule has 0 saturated carbocycles. The van der Waals surface area contributed by atoms with Crippen molar-refractivity contribution in [1.29, 1.82) is 0 Å². The number of ether oxygens (including phenoxy) is 1. The van der Waals surface area contributed by atoms with Gasteiger partial charge in [-0.1, -0.05) is 0 Å². The first-order valence-electron chi connectivity index (χ1n) is 6.93. The molecule has 2 saturated heterocycles. The third-order valence-corrected chi connectivity index (χ3v) is 3.95. The molecule has 0 aromatic carbocycles. The molecule has 2 rings (SSSR count). The fourth-order valence-corrected chi connectivity index (χ4v) is 2.75. The van der Waals surface area contributed by atoms with E-state index in [9.17, 15) is 4.79 Å². The summed E-state index contributed by atoms with van der Waals surface area (Å²) in [7, 11) is 4.06. The maximum Gasteiger partial charge on any atom is 0.225 e. The smallest absolute Gasteiger partial charge is 0.225 e. The number of morpholine rings is 1. The molecule has 0 aliphatic carbocycles. The average molecular weight is 255 g/mol. The van der Waals surface area contributed by atoms with E-state index in [4.69, 9.17) is 4.74 Å². The fraction of sp³-hybridized carbons (Fsp3) is 0.923. The van der Waals surface area contributed by atoms with Crippen LogP contribution in [0.2, 0.25) is 0 Å². The summed E-state index contributed by atoms with van der Waals surface area (Å²) in [5, 5.41) is 3.26. The summed E-state index contributed by atoms with van der Waals surface area (Å²) in [6, 6.07) is 0.368. The number of carbonyl (C=O) groups is 1. The number of hydrogen-bond acceptors (Lipinski definition) is 4. The van der Waals surface area contributed by atoms with Crippen molar-refractivity contribution in [3.63, 3.8) is 0 Å². The first kappa shape index (κ1) is 13.8. The largest absolute Gasteiger partial charge is 0.375 e. The number of likely N-dealkylation sites (tertiary alicyclic amines) is 1. The van der Waals surface area contributed by atoms with E-state index in [1.165, 1.54) is 6.42 Å². The Bertz CT molecular complexity index is 279.